The molecule has 0 saturated carbocycles. The molecule has 0 aromatic carbocycles. The van der Waals surface area contributed by atoms with Crippen molar-refractivity contribution in [2.24, 2.45) is 0 Å². The van der Waals surface area contributed by atoms with Crippen LogP contribution >= 0.6 is 11.9 Å². The van der Waals surface area contributed by atoms with Crippen LogP contribution in [0.2, 0.25) is 0 Å². The standard InChI is InChI=1S/C7H10N2S/c1-2-9-10-7-5-3-4-6-8-7/h3-6,9H,2H2,1H3. The number of pyridine rings is 1. The highest BCUT2D eigenvalue weighted by molar-refractivity contribution is 7.97. The summed E-state index contributed by atoms with van der Waals surface area (Å²) in [6.07, 6.45) is 1.79. The fourth-order valence-corrected chi connectivity index (χ4v) is 1.11. The van der Waals surface area contributed by atoms with Crippen molar-refractivity contribution < 1.29 is 0 Å². The first-order valence-corrected chi connectivity index (χ1v) is 4.06. The third-order valence-electron chi connectivity index (χ3n) is 0.959. The third kappa shape index (κ3) is 2.37. The zero-order valence-electron chi connectivity index (χ0n) is 5.87. The Morgan fingerprint density at radius 3 is 3.10 bits per heavy atom. The summed E-state index contributed by atoms with van der Waals surface area (Å²) in [6.45, 7) is 3.02. The van der Waals surface area contributed by atoms with Crippen LogP contribution in [-0.2, 0) is 0 Å². The maximum absolute atomic E-state index is 4.12. The van der Waals surface area contributed by atoms with Crippen LogP contribution in [0.15, 0.2) is 29.4 Å². The van der Waals surface area contributed by atoms with Gasteiger partial charge in [-0.05, 0) is 24.1 Å². The molecule has 2 nitrogen and oxygen atoms in total. The minimum absolute atomic E-state index is 0.960. The van der Waals surface area contributed by atoms with Gasteiger partial charge < -0.3 is 0 Å². The van der Waals surface area contributed by atoms with Crippen molar-refractivity contribution in [1.29, 1.82) is 0 Å². The summed E-state index contributed by atoms with van der Waals surface area (Å²) in [6, 6.07) is 5.87. The summed E-state index contributed by atoms with van der Waals surface area (Å²) in [5.74, 6) is 0. The maximum atomic E-state index is 4.12. The van der Waals surface area contributed by atoms with Gasteiger partial charge >= 0.3 is 0 Å². The molecule has 1 heterocycles. The molecule has 0 saturated heterocycles. The molecule has 0 unspecified atom stereocenters. The van der Waals surface area contributed by atoms with Gasteiger partial charge in [0.2, 0.25) is 0 Å². The van der Waals surface area contributed by atoms with E-state index in [2.05, 4.69) is 16.6 Å². The van der Waals surface area contributed by atoms with Gasteiger partial charge in [-0.2, -0.15) is 0 Å². The topological polar surface area (TPSA) is 24.9 Å². The van der Waals surface area contributed by atoms with Crippen LogP contribution in [-0.4, -0.2) is 11.5 Å². The van der Waals surface area contributed by atoms with E-state index in [0.717, 1.165) is 11.6 Å². The van der Waals surface area contributed by atoms with Gasteiger partial charge in [0.25, 0.3) is 0 Å². The molecule has 0 radical (unpaired) electrons. The van der Waals surface area contributed by atoms with Crippen molar-refractivity contribution in [3.63, 3.8) is 0 Å². The summed E-state index contributed by atoms with van der Waals surface area (Å²) in [5.41, 5.74) is 0. The summed E-state index contributed by atoms with van der Waals surface area (Å²) in [5, 5.41) is 1.02. The van der Waals surface area contributed by atoms with E-state index < -0.39 is 0 Å². The van der Waals surface area contributed by atoms with Crippen molar-refractivity contribution >= 4 is 11.9 Å². The number of rotatable bonds is 3. The first-order valence-electron chi connectivity index (χ1n) is 3.24. The zero-order valence-corrected chi connectivity index (χ0v) is 6.69. The van der Waals surface area contributed by atoms with Crippen LogP contribution in [0.3, 0.4) is 0 Å². The molecular formula is C7H10N2S. The van der Waals surface area contributed by atoms with E-state index >= 15 is 0 Å². The Morgan fingerprint density at radius 2 is 2.50 bits per heavy atom. The van der Waals surface area contributed by atoms with E-state index in [-0.39, 0.29) is 0 Å². The lowest BCUT2D eigenvalue weighted by Gasteiger charge is -1.97. The van der Waals surface area contributed by atoms with Crippen LogP contribution in [0, 0.1) is 0 Å². The first kappa shape index (κ1) is 7.57. The fourth-order valence-electron chi connectivity index (χ4n) is 0.554. The second-order valence-electron chi connectivity index (χ2n) is 1.77. The Labute approximate surface area is 65.2 Å². The summed E-state index contributed by atoms with van der Waals surface area (Å²) >= 11 is 1.56. The number of hydrogen-bond acceptors (Lipinski definition) is 3. The zero-order chi connectivity index (χ0) is 7.23. The van der Waals surface area contributed by atoms with Gasteiger partial charge in [-0.15, -0.1) is 0 Å². The van der Waals surface area contributed by atoms with Crippen LogP contribution in [0.5, 0.6) is 0 Å². The third-order valence-corrected chi connectivity index (χ3v) is 1.84. The lowest BCUT2D eigenvalue weighted by atomic mass is 10.5. The predicted octanol–water partition coefficient (Wildman–Crippen LogP) is 1.70. The average Bonchev–Trinajstić information content (AvgIpc) is 2.03. The molecule has 1 aromatic heterocycles. The second kappa shape index (κ2) is 4.30. The molecule has 0 aliphatic heterocycles. The van der Waals surface area contributed by atoms with E-state index in [1.54, 1.807) is 18.1 Å². The van der Waals surface area contributed by atoms with Crippen molar-refractivity contribution in [1.82, 2.24) is 9.71 Å². The normalized spacial score (nSPS) is 9.70. The molecule has 0 aliphatic carbocycles. The van der Waals surface area contributed by atoms with Crippen molar-refractivity contribution in [3.8, 4) is 0 Å². The first-order chi connectivity index (χ1) is 4.93. The minimum Gasteiger partial charge on any atom is -0.259 e. The number of aromatic nitrogens is 1. The summed E-state index contributed by atoms with van der Waals surface area (Å²) in [4.78, 5) is 4.12. The van der Waals surface area contributed by atoms with E-state index in [0.29, 0.717) is 0 Å². The van der Waals surface area contributed by atoms with Gasteiger partial charge in [-0.1, -0.05) is 13.0 Å². The monoisotopic (exact) mass is 154 g/mol. The largest absolute Gasteiger partial charge is 0.259 e. The molecule has 10 heavy (non-hydrogen) atoms. The smallest absolute Gasteiger partial charge is 0.111 e. The number of nitrogens with one attached hydrogen (secondary N) is 1. The van der Waals surface area contributed by atoms with Gasteiger partial charge in [0.1, 0.15) is 5.03 Å². The quantitative estimate of drug-likeness (QED) is 0.671. The second-order valence-corrected chi connectivity index (χ2v) is 2.68. The Morgan fingerprint density at radius 1 is 1.60 bits per heavy atom. The lowest BCUT2D eigenvalue weighted by molar-refractivity contribution is 1.02. The summed E-state index contributed by atoms with van der Waals surface area (Å²) < 4.78 is 3.12. The van der Waals surface area contributed by atoms with Crippen LogP contribution in [0.4, 0.5) is 0 Å². The molecule has 0 bridgehead atoms. The Kier molecular flexibility index (Phi) is 3.26. The van der Waals surface area contributed by atoms with Gasteiger partial charge in [0.15, 0.2) is 0 Å². The molecule has 54 valence electrons. The predicted molar refractivity (Wildman–Crippen MR) is 43.8 cm³/mol. The van der Waals surface area contributed by atoms with E-state index in [1.807, 2.05) is 18.2 Å². The molecule has 3 heteroatoms. The molecular weight excluding hydrogens is 144 g/mol. The highest BCUT2D eigenvalue weighted by atomic mass is 32.2. The highest BCUT2D eigenvalue weighted by Gasteiger charge is 1.88. The van der Waals surface area contributed by atoms with E-state index in [9.17, 15) is 0 Å². The SMILES string of the molecule is CCNSc1ccccn1. The minimum atomic E-state index is 0.960. The van der Waals surface area contributed by atoms with Gasteiger partial charge in [0, 0.05) is 12.7 Å². The van der Waals surface area contributed by atoms with Crippen molar-refractivity contribution in [3.05, 3.63) is 24.4 Å². The molecule has 0 fully saturated rings. The molecule has 0 amide bonds. The molecule has 0 atom stereocenters. The molecule has 0 aliphatic rings. The Bertz CT molecular complexity index is 176. The molecule has 0 spiro atoms. The average molecular weight is 154 g/mol. The Balaban J connectivity index is 2.43. The van der Waals surface area contributed by atoms with Crippen molar-refractivity contribution in [2.75, 3.05) is 6.54 Å². The Hall–Kier alpha value is -0.540. The lowest BCUT2D eigenvalue weighted by Crippen LogP contribution is -2.00. The summed E-state index contributed by atoms with van der Waals surface area (Å²) in [7, 11) is 0. The van der Waals surface area contributed by atoms with Gasteiger partial charge in [-0.25, -0.2) is 4.98 Å². The van der Waals surface area contributed by atoms with E-state index in [1.165, 1.54) is 0 Å². The number of hydrogen-bond donors (Lipinski definition) is 1. The van der Waals surface area contributed by atoms with Gasteiger partial charge in [0.05, 0.1) is 0 Å². The van der Waals surface area contributed by atoms with Crippen LogP contribution in [0.1, 0.15) is 6.92 Å². The number of nitrogens with zero attached hydrogens (tertiary/aromatic N) is 1. The maximum Gasteiger partial charge on any atom is 0.111 e. The van der Waals surface area contributed by atoms with Gasteiger partial charge in [-0.3, -0.25) is 4.72 Å². The van der Waals surface area contributed by atoms with Crippen molar-refractivity contribution in [2.45, 2.75) is 11.9 Å². The molecule has 1 rings (SSSR count). The van der Waals surface area contributed by atoms with E-state index in [4.69, 9.17) is 0 Å². The molecule has 1 aromatic rings. The fraction of sp³-hybridized carbons (Fsp3) is 0.286. The molecule has 1 N–H and O–H groups in total. The van der Waals surface area contributed by atoms with Crippen LogP contribution in [0.25, 0.3) is 0 Å². The van der Waals surface area contributed by atoms with Crippen LogP contribution < -0.4 is 4.72 Å². The highest BCUT2D eigenvalue weighted by Crippen LogP contribution is 2.07.